The predicted molar refractivity (Wildman–Crippen MR) is 328 cm³/mol. The Labute approximate surface area is 517 Å². The van der Waals surface area contributed by atoms with Crippen LogP contribution in [0.25, 0.3) is 11.2 Å². The van der Waals surface area contributed by atoms with Crippen LogP contribution in [0.4, 0.5) is 42.3 Å². The summed E-state index contributed by atoms with van der Waals surface area (Å²) in [6, 6.07) is 16.1. The molecule has 0 aliphatic carbocycles. The van der Waals surface area contributed by atoms with E-state index in [1.807, 2.05) is 6.92 Å². The minimum absolute atomic E-state index is 0.0140. The number of urea groups is 1. The van der Waals surface area contributed by atoms with Crippen molar-refractivity contribution in [1.82, 2.24) is 61.2 Å². The summed E-state index contributed by atoms with van der Waals surface area (Å²) in [6.45, 7) is 5.85. The molecule has 0 radical (unpaired) electrons. The Balaban J connectivity index is 0.844. The Hall–Kier alpha value is -10.7. The number of aromatic nitrogens is 4. The van der Waals surface area contributed by atoms with Crippen molar-refractivity contribution in [3.63, 3.8) is 0 Å². The number of alkyl carbamates (subject to hydrolysis) is 1. The summed E-state index contributed by atoms with van der Waals surface area (Å²) in [4.78, 5) is 146. The van der Waals surface area contributed by atoms with Crippen molar-refractivity contribution in [2.24, 2.45) is 11.7 Å². The molecule has 0 fully saturated rings. The number of hydrogen-bond donors (Lipinski definition) is 10. The van der Waals surface area contributed by atoms with Gasteiger partial charge in [0.2, 0.25) is 17.8 Å². The lowest BCUT2D eigenvalue weighted by atomic mass is 10.0. The zero-order valence-electron chi connectivity index (χ0n) is 50.4. The molecule has 1 aliphatic heterocycles. The minimum atomic E-state index is -1.13. The third kappa shape index (κ3) is 21.9. The number of nitrogens with one attached hydrogen (secondary N) is 7. The monoisotopic (exact) mass is 1250 g/mol. The molecule has 3 heterocycles. The van der Waals surface area contributed by atoms with Crippen molar-refractivity contribution >= 4 is 94.1 Å². The van der Waals surface area contributed by atoms with Gasteiger partial charge in [-0.05, 0) is 105 Å². The fourth-order valence-corrected chi connectivity index (χ4v) is 8.45. The number of primary amides is 1. The molecule has 11 amide bonds. The Morgan fingerprint density at radius 1 is 0.667 bits per heavy atom. The number of fused-ring (bicyclic) bond motifs is 1. The summed E-state index contributed by atoms with van der Waals surface area (Å²) >= 11 is 0. The Bertz CT molecular complexity index is 3350. The second kappa shape index (κ2) is 34.0. The average molecular weight is 1250 g/mol. The van der Waals surface area contributed by atoms with Crippen LogP contribution in [-0.2, 0) is 46.5 Å². The number of ether oxygens (including phenoxy) is 4. The highest BCUT2D eigenvalue weighted by Gasteiger charge is 2.30. The van der Waals surface area contributed by atoms with Crippen LogP contribution in [0.3, 0.4) is 0 Å². The van der Waals surface area contributed by atoms with Crippen LogP contribution in [0.5, 0.6) is 5.75 Å². The SMILES string of the molecule is CC(C)[C@H](NC(=O)OCCOCCN1C(=O)C=CC1=O)C(=O)N[C@@H](CCCNC(N)=O)C(=O)Nc1ccc(COC(=O)N(C)CCN(C)C(=O)Oc2ccc(C(=O)NCCC[C@@H](C)NC(=O)c3ccc(NCc4cnc5nc(N)nc(N)c5n4)cc3)cc2)cc1. The number of nitrogens with two attached hydrogens (primary N) is 3. The molecule has 0 unspecified atom stereocenters. The topological polar surface area (TPSA) is 431 Å². The first-order valence-corrected chi connectivity index (χ1v) is 28.7. The summed E-state index contributed by atoms with van der Waals surface area (Å²) in [6.07, 6.45) is 3.06. The number of amides is 11. The van der Waals surface area contributed by atoms with E-state index in [2.05, 4.69) is 57.2 Å². The number of benzene rings is 3. The summed E-state index contributed by atoms with van der Waals surface area (Å²) in [5.74, 6) is -2.87. The Morgan fingerprint density at radius 2 is 1.30 bits per heavy atom. The van der Waals surface area contributed by atoms with Crippen LogP contribution in [-0.4, -0.2) is 179 Å². The van der Waals surface area contributed by atoms with Gasteiger partial charge >= 0.3 is 24.3 Å². The molecule has 1 aliphatic rings. The third-order valence-electron chi connectivity index (χ3n) is 13.5. The molecular formula is C59H75N17O14. The molecule has 13 N–H and O–H groups in total. The van der Waals surface area contributed by atoms with Gasteiger partial charge in [-0.15, -0.1) is 0 Å². The quantitative estimate of drug-likeness (QED) is 0.0219. The number of carbonyl (C=O) groups is 10. The average Bonchev–Trinajstić information content (AvgIpc) is 4.01. The standard InChI is InChI=1S/C59H75N17O14/c1-35(2)47(71-57(84)88-31-30-87-29-28-76-45(77)22-23-46(76)78)54(82)70-44(9-7-25-64-56(62)83)53(81)69-41-16-10-37(11-17-41)34-89-58(85)74(4)26-27-75(5)59(86)90-43-20-14-38(15-21-43)51(79)63-24-6-8-36(3)67-52(80)39-12-18-40(19-13-39)65-32-42-33-66-50-48(68-42)49(60)72-55(61)73-50/h10-23,33,35-36,44,47,65H,6-9,24-32,34H2,1-5H3,(H,63,79)(H,67,80)(H,69,81)(H,70,82)(H,71,84)(H3,62,64,83)(H4,60,61,66,72,73)/t36-,44+,47+/m1/s1. The third-order valence-corrected chi connectivity index (χ3v) is 13.5. The minimum Gasteiger partial charge on any atom is -0.447 e. The number of carbonyl (C=O) groups excluding carboxylic acids is 10. The van der Waals surface area contributed by atoms with Gasteiger partial charge in [0.15, 0.2) is 17.0 Å². The van der Waals surface area contributed by atoms with Crippen molar-refractivity contribution in [3.8, 4) is 5.75 Å². The number of nitrogens with zero attached hydrogens (tertiary/aromatic N) is 7. The molecule has 0 saturated carbocycles. The van der Waals surface area contributed by atoms with E-state index in [9.17, 15) is 47.9 Å². The van der Waals surface area contributed by atoms with Gasteiger partial charge < -0.3 is 83.2 Å². The maximum absolute atomic E-state index is 13.6. The smallest absolute Gasteiger partial charge is 0.415 e. The second-order valence-corrected chi connectivity index (χ2v) is 21.0. The van der Waals surface area contributed by atoms with Gasteiger partial charge in [0.1, 0.15) is 31.0 Å². The fraction of sp³-hybridized carbons (Fsp3) is 0.390. The lowest BCUT2D eigenvalue weighted by Crippen LogP contribution is -2.54. The number of rotatable bonds is 32. The normalized spacial score (nSPS) is 12.7. The van der Waals surface area contributed by atoms with Crippen molar-refractivity contribution < 1.29 is 66.9 Å². The molecule has 3 atom stereocenters. The molecule has 0 bridgehead atoms. The summed E-state index contributed by atoms with van der Waals surface area (Å²) in [7, 11) is 2.99. The highest BCUT2D eigenvalue weighted by atomic mass is 16.6. The Morgan fingerprint density at radius 3 is 1.98 bits per heavy atom. The molecule has 480 valence electrons. The molecule has 2 aromatic heterocycles. The second-order valence-electron chi connectivity index (χ2n) is 21.0. The number of nitrogen functional groups attached to an aromatic ring is 2. The molecule has 5 aromatic rings. The van der Waals surface area contributed by atoms with E-state index in [-0.39, 0.29) is 101 Å². The van der Waals surface area contributed by atoms with E-state index in [0.29, 0.717) is 65.2 Å². The number of imide groups is 1. The molecule has 0 spiro atoms. The molecule has 90 heavy (non-hydrogen) atoms. The summed E-state index contributed by atoms with van der Waals surface area (Å²) in [5.41, 5.74) is 20.5. The molecule has 3 aromatic carbocycles. The number of likely N-dealkylation sites (N-methyl/N-ethyl adjacent to an activating group) is 2. The maximum atomic E-state index is 13.6. The van der Waals surface area contributed by atoms with Crippen molar-refractivity contribution in [2.45, 2.75) is 77.7 Å². The van der Waals surface area contributed by atoms with Crippen molar-refractivity contribution in [1.29, 1.82) is 0 Å². The van der Waals surface area contributed by atoms with Crippen LogP contribution < -0.4 is 59.2 Å². The lowest BCUT2D eigenvalue weighted by Gasteiger charge is -2.25. The first-order valence-electron chi connectivity index (χ1n) is 28.7. The highest BCUT2D eigenvalue weighted by molar-refractivity contribution is 6.12. The number of hydrogen-bond acceptors (Lipinski definition) is 21. The van der Waals surface area contributed by atoms with Gasteiger partial charge in [0.05, 0.1) is 38.2 Å². The van der Waals surface area contributed by atoms with Gasteiger partial charge in [-0.3, -0.25) is 33.7 Å². The zero-order chi connectivity index (χ0) is 65.3. The van der Waals surface area contributed by atoms with E-state index < -0.39 is 65.9 Å². The number of anilines is 4. The molecular weight excluding hydrogens is 1170 g/mol. The predicted octanol–water partition coefficient (Wildman–Crippen LogP) is 2.79. The van der Waals surface area contributed by atoms with Crippen LogP contribution in [0.1, 0.15) is 78.4 Å². The van der Waals surface area contributed by atoms with Crippen molar-refractivity contribution in [3.05, 3.63) is 114 Å². The molecule has 31 nitrogen and oxygen atoms in total. The van der Waals surface area contributed by atoms with Gasteiger partial charge in [-0.25, -0.2) is 29.1 Å². The van der Waals surface area contributed by atoms with E-state index in [0.717, 1.165) is 22.7 Å². The fourth-order valence-electron chi connectivity index (χ4n) is 8.45. The van der Waals surface area contributed by atoms with E-state index >= 15 is 0 Å². The van der Waals surface area contributed by atoms with E-state index in [1.54, 1.807) is 68.6 Å². The first-order chi connectivity index (χ1) is 43.0. The zero-order valence-corrected chi connectivity index (χ0v) is 50.4. The van der Waals surface area contributed by atoms with Crippen LogP contribution >= 0.6 is 0 Å². The van der Waals surface area contributed by atoms with E-state index in [4.69, 9.17) is 36.1 Å². The van der Waals surface area contributed by atoms with Gasteiger partial charge in [-0.2, -0.15) is 9.97 Å². The van der Waals surface area contributed by atoms with Crippen LogP contribution in [0.15, 0.2) is 91.1 Å². The van der Waals surface area contributed by atoms with Gasteiger partial charge in [0, 0.05) is 81.0 Å². The largest absolute Gasteiger partial charge is 0.447 e. The van der Waals surface area contributed by atoms with Gasteiger partial charge in [-0.1, -0.05) is 26.0 Å². The van der Waals surface area contributed by atoms with Crippen LogP contribution in [0.2, 0.25) is 0 Å². The van der Waals surface area contributed by atoms with E-state index in [1.165, 1.54) is 48.2 Å². The maximum Gasteiger partial charge on any atom is 0.415 e. The lowest BCUT2D eigenvalue weighted by molar-refractivity contribution is -0.137. The summed E-state index contributed by atoms with van der Waals surface area (Å²) in [5, 5.41) is 19.4. The molecule has 6 rings (SSSR count). The van der Waals surface area contributed by atoms with Crippen molar-refractivity contribution in [2.75, 3.05) is 88.7 Å². The Kier molecular flexibility index (Phi) is 25.8. The van der Waals surface area contributed by atoms with Gasteiger partial charge in [0.25, 0.3) is 23.6 Å². The summed E-state index contributed by atoms with van der Waals surface area (Å²) < 4.78 is 21.4. The first kappa shape index (κ1) is 68.4. The van der Waals surface area contributed by atoms with Crippen LogP contribution in [0, 0.1) is 5.92 Å². The molecule has 31 heteroatoms. The molecule has 0 saturated heterocycles. The highest BCUT2D eigenvalue weighted by Crippen LogP contribution is 2.19.